The highest BCUT2D eigenvalue weighted by atomic mass is 32.2. The largest absolute Gasteiger partial charge is 0.466 e. The number of sulfonamides is 1. The predicted molar refractivity (Wildman–Crippen MR) is 121 cm³/mol. The van der Waals surface area contributed by atoms with Crippen LogP contribution < -0.4 is 4.90 Å². The molecule has 0 amide bonds. The summed E-state index contributed by atoms with van der Waals surface area (Å²) in [5.74, 6) is 0.710. The molecule has 0 bridgehead atoms. The van der Waals surface area contributed by atoms with Crippen molar-refractivity contribution >= 4 is 32.7 Å². The van der Waals surface area contributed by atoms with Crippen LogP contribution in [0.3, 0.4) is 0 Å². The zero-order valence-electron chi connectivity index (χ0n) is 18.3. The first-order valence-corrected chi connectivity index (χ1v) is 12.7. The molecule has 1 unspecified atom stereocenters. The molecule has 2 fully saturated rings. The van der Waals surface area contributed by atoms with E-state index in [0.717, 1.165) is 61.9 Å². The number of hydrogen-bond acceptors (Lipinski definition) is 6. The molecule has 1 aromatic heterocycles. The van der Waals surface area contributed by atoms with Gasteiger partial charge in [-0.2, -0.15) is 4.31 Å². The molecule has 0 radical (unpaired) electrons. The summed E-state index contributed by atoms with van der Waals surface area (Å²) in [5.41, 5.74) is 0.774. The monoisotopic (exact) mass is 445 g/mol. The minimum absolute atomic E-state index is 0.0347. The minimum atomic E-state index is -3.50. The van der Waals surface area contributed by atoms with Crippen LogP contribution in [-0.2, 0) is 19.6 Å². The molecule has 0 spiro atoms. The zero-order valence-corrected chi connectivity index (χ0v) is 19.1. The Morgan fingerprint density at radius 1 is 1.10 bits per heavy atom. The second kappa shape index (κ2) is 9.12. The van der Waals surface area contributed by atoms with E-state index in [-0.39, 0.29) is 17.9 Å². The zero-order chi connectivity index (χ0) is 22.0. The Kier molecular flexibility index (Phi) is 6.48. The van der Waals surface area contributed by atoms with E-state index < -0.39 is 10.0 Å². The molecule has 168 valence electrons. The van der Waals surface area contributed by atoms with Gasteiger partial charge in [0.15, 0.2) is 0 Å². The van der Waals surface area contributed by atoms with Gasteiger partial charge in [-0.05, 0) is 69.9 Å². The maximum atomic E-state index is 13.1. The lowest BCUT2D eigenvalue weighted by Gasteiger charge is -2.32. The van der Waals surface area contributed by atoms with Crippen LogP contribution in [0.1, 0.15) is 46.0 Å². The summed E-state index contributed by atoms with van der Waals surface area (Å²) >= 11 is 0. The molecule has 0 aliphatic carbocycles. The van der Waals surface area contributed by atoms with Crippen molar-refractivity contribution in [2.24, 2.45) is 5.92 Å². The third kappa shape index (κ3) is 4.55. The smallest absolute Gasteiger partial charge is 0.309 e. The third-order valence-electron chi connectivity index (χ3n) is 6.43. The Balaban J connectivity index is 1.51. The molecule has 1 atom stereocenters. The van der Waals surface area contributed by atoms with E-state index in [0.29, 0.717) is 18.0 Å². The molecule has 2 aliphatic rings. The Labute approximate surface area is 184 Å². The molecule has 0 N–H and O–H groups in total. The van der Waals surface area contributed by atoms with Gasteiger partial charge in [-0.15, -0.1) is 0 Å². The van der Waals surface area contributed by atoms with E-state index in [2.05, 4.69) is 4.90 Å². The molecule has 0 saturated carbocycles. The van der Waals surface area contributed by atoms with Crippen molar-refractivity contribution in [3.63, 3.8) is 0 Å². The SMILES string of the molecule is CCOC(=O)C1CCN(c2ccc3cc(S(=O)(=O)N4CCCCC4C)ccc3n2)CC1. The lowest BCUT2D eigenvalue weighted by atomic mass is 9.97. The number of benzene rings is 1. The normalized spacial score (nSPS) is 21.4. The number of pyridine rings is 1. The lowest BCUT2D eigenvalue weighted by molar-refractivity contribution is -0.148. The number of carbonyl (C=O) groups is 1. The molecule has 8 heteroatoms. The van der Waals surface area contributed by atoms with Crippen LogP contribution >= 0.6 is 0 Å². The highest BCUT2D eigenvalue weighted by Crippen LogP contribution is 2.29. The Morgan fingerprint density at radius 2 is 1.87 bits per heavy atom. The average Bonchev–Trinajstić information content (AvgIpc) is 2.79. The van der Waals surface area contributed by atoms with Gasteiger partial charge in [-0.1, -0.05) is 6.42 Å². The average molecular weight is 446 g/mol. The summed E-state index contributed by atoms with van der Waals surface area (Å²) in [5, 5.41) is 0.816. The van der Waals surface area contributed by atoms with Crippen LogP contribution in [-0.4, -0.2) is 56.0 Å². The lowest BCUT2D eigenvalue weighted by Crippen LogP contribution is -2.41. The number of nitrogens with zero attached hydrogens (tertiary/aromatic N) is 3. The van der Waals surface area contributed by atoms with Gasteiger partial charge in [-0.25, -0.2) is 13.4 Å². The first-order chi connectivity index (χ1) is 14.9. The van der Waals surface area contributed by atoms with Crippen molar-refractivity contribution in [1.29, 1.82) is 0 Å². The highest BCUT2D eigenvalue weighted by Gasteiger charge is 2.31. The predicted octanol–water partition coefficient (Wildman–Crippen LogP) is 3.58. The first-order valence-electron chi connectivity index (χ1n) is 11.2. The van der Waals surface area contributed by atoms with E-state index in [4.69, 9.17) is 9.72 Å². The van der Waals surface area contributed by atoms with Gasteiger partial charge in [0, 0.05) is 31.1 Å². The van der Waals surface area contributed by atoms with Crippen LogP contribution in [0.15, 0.2) is 35.2 Å². The number of rotatable bonds is 5. The fraction of sp³-hybridized carbons (Fsp3) is 0.565. The standard InChI is InChI=1S/C23H31N3O4S/c1-3-30-23(27)18-11-14-25(15-12-18)22-10-7-19-16-20(8-9-21(19)24-22)31(28,29)26-13-5-4-6-17(26)2/h7-10,16-18H,3-6,11-15H2,1-2H3. The number of fused-ring (bicyclic) bond motifs is 1. The molecule has 2 saturated heterocycles. The molecule has 2 aliphatic heterocycles. The maximum Gasteiger partial charge on any atom is 0.309 e. The number of anilines is 1. The van der Waals surface area contributed by atoms with Gasteiger partial charge in [0.25, 0.3) is 0 Å². The highest BCUT2D eigenvalue weighted by molar-refractivity contribution is 7.89. The van der Waals surface area contributed by atoms with E-state index in [1.54, 1.807) is 22.5 Å². The van der Waals surface area contributed by atoms with E-state index in [1.807, 2.05) is 26.0 Å². The molecule has 3 heterocycles. The van der Waals surface area contributed by atoms with Gasteiger partial charge in [0.1, 0.15) is 5.82 Å². The van der Waals surface area contributed by atoms with Gasteiger partial charge < -0.3 is 9.64 Å². The summed E-state index contributed by atoms with van der Waals surface area (Å²) in [4.78, 5) is 19.2. The third-order valence-corrected chi connectivity index (χ3v) is 8.44. The fourth-order valence-corrected chi connectivity index (χ4v) is 6.33. The van der Waals surface area contributed by atoms with Gasteiger partial charge >= 0.3 is 5.97 Å². The quantitative estimate of drug-likeness (QED) is 0.655. The Morgan fingerprint density at radius 3 is 2.58 bits per heavy atom. The summed E-state index contributed by atoms with van der Waals surface area (Å²) in [7, 11) is -3.50. The van der Waals surface area contributed by atoms with Crippen molar-refractivity contribution in [2.75, 3.05) is 31.1 Å². The van der Waals surface area contributed by atoms with Gasteiger partial charge in [0.05, 0.1) is 22.9 Å². The van der Waals surface area contributed by atoms with Crippen LogP contribution in [0.5, 0.6) is 0 Å². The van der Waals surface area contributed by atoms with Crippen LogP contribution in [0.4, 0.5) is 5.82 Å². The molecule has 1 aromatic carbocycles. The van der Waals surface area contributed by atoms with Gasteiger partial charge in [-0.3, -0.25) is 4.79 Å². The fourth-order valence-electron chi connectivity index (χ4n) is 4.60. The van der Waals surface area contributed by atoms with Crippen LogP contribution in [0.25, 0.3) is 10.9 Å². The first kappa shape index (κ1) is 22.0. The number of ether oxygens (including phenoxy) is 1. The maximum absolute atomic E-state index is 13.1. The van der Waals surface area contributed by atoms with Gasteiger partial charge in [0.2, 0.25) is 10.0 Å². The van der Waals surface area contributed by atoms with Crippen molar-refractivity contribution in [1.82, 2.24) is 9.29 Å². The second-order valence-electron chi connectivity index (χ2n) is 8.50. The van der Waals surface area contributed by atoms with Crippen molar-refractivity contribution in [3.05, 3.63) is 30.3 Å². The number of carbonyl (C=O) groups excluding carboxylic acids is 1. The topological polar surface area (TPSA) is 79.8 Å². The number of aromatic nitrogens is 1. The molecular formula is C23H31N3O4S. The number of hydrogen-bond donors (Lipinski definition) is 0. The molecule has 7 nitrogen and oxygen atoms in total. The van der Waals surface area contributed by atoms with E-state index >= 15 is 0 Å². The van der Waals surface area contributed by atoms with Crippen molar-refractivity contribution < 1.29 is 17.9 Å². The van der Waals surface area contributed by atoms with Crippen LogP contribution in [0.2, 0.25) is 0 Å². The summed E-state index contributed by atoms with van der Waals surface area (Å²) in [6, 6.07) is 9.11. The second-order valence-corrected chi connectivity index (χ2v) is 10.4. The van der Waals surface area contributed by atoms with E-state index in [1.165, 1.54) is 0 Å². The number of piperidine rings is 2. The van der Waals surface area contributed by atoms with E-state index in [9.17, 15) is 13.2 Å². The molecule has 4 rings (SSSR count). The summed E-state index contributed by atoms with van der Waals surface area (Å²) in [6.45, 7) is 6.31. The number of esters is 1. The molecular weight excluding hydrogens is 414 g/mol. The molecule has 31 heavy (non-hydrogen) atoms. The van der Waals surface area contributed by atoms with Crippen LogP contribution in [0, 0.1) is 5.92 Å². The Hall–Kier alpha value is -2.19. The van der Waals surface area contributed by atoms with Crippen molar-refractivity contribution in [3.8, 4) is 0 Å². The Bertz CT molecular complexity index is 1050. The van der Waals surface area contributed by atoms with Crippen molar-refractivity contribution in [2.45, 2.75) is 56.9 Å². The summed E-state index contributed by atoms with van der Waals surface area (Å²) in [6.07, 6.45) is 4.40. The minimum Gasteiger partial charge on any atom is -0.466 e. The summed E-state index contributed by atoms with van der Waals surface area (Å²) < 4.78 is 33.1. The molecule has 2 aromatic rings.